The quantitative estimate of drug-likeness (QED) is 0.607. The van der Waals surface area contributed by atoms with Crippen LogP contribution in [0.1, 0.15) is 29.6 Å². The molecule has 4 nitrogen and oxygen atoms in total. The maximum absolute atomic E-state index is 12.2. The number of aliphatic hydroxyl groups excluding tert-OH is 1. The third-order valence-corrected chi connectivity index (χ3v) is 3.41. The van der Waals surface area contributed by atoms with Gasteiger partial charge in [0, 0.05) is 26.4 Å². The van der Waals surface area contributed by atoms with E-state index < -0.39 is 0 Å². The van der Waals surface area contributed by atoms with E-state index in [1.165, 1.54) is 11.8 Å². The number of thioether (sulfide) groups is 1. The fourth-order valence-electron chi connectivity index (χ4n) is 1.66. The Labute approximate surface area is 112 Å². The van der Waals surface area contributed by atoms with Crippen LogP contribution >= 0.6 is 11.8 Å². The Morgan fingerprint density at radius 3 is 2.89 bits per heavy atom. The van der Waals surface area contributed by atoms with Crippen LogP contribution in [0.15, 0.2) is 23.4 Å². The van der Waals surface area contributed by atoms with Gasteiger partial charge in [-0.1, -0.05) is 0 Å². The molecular formula is C13H20N2O2S. The van der Waals surface area contributed by atoms with Crippen molar-refractivity contribution < 1.29 is 9.90 Å². The molecule has 0 spiro atoms. The number of carbonyl (C=O) groups is 1. The molecule has 0 bridgehead atoms. The molecule has 18 heavy (non-hydrogen) atoms. The van der Waals surface area contributed by atoms with E-state index in [0.717, 1.165) is 24.3 Å². The number of hydrogen-bond donors (Lipinski definition) is 1. The van der Waals surface area contributed by atoms with Crippen molar-refractivity contribution in [3.8, 4) is 0 Å². The maximum Gasteiger partial charge on any atom is 0.256 e. The Morgan fingerprint density at radius 1 is 1.44 bits per heavy atom. The number of hydrogen-bond acceptors (Lipinski definition) is 4. The third-order valence-electron chi connectivity index (χ3n) is 2.69. The average Bonchev–Trinajstić information content (AvgIpc) is 2.42. The van der Waals surface area contributed by atoms with E-state index >= 15 is 0 Å². The van der Waals surface area contributed by atoms with Gasteiger partial charge in [0.05, 0.1) is 5.56 Å². The van der Waals surface area contributed by atoms with Crippen molar-refractivity contribution >= 4 is 17.7 Å². The van der Waals surface area contributed by atoms with Crippen LogP contribution < -0.4 is 0 Å². The number of carbonyl (C=O) groups excluding carboxylic acids is 1. The van der Waals surface area contributed by atoms with Gasteiger partial charge in [0.25, 0.3) is 5.91 Å². The molecule has 0 fully saturated rings. The fraction of sp³-hybridized carbons (Fsp3) is 0.538. The van der Waals surface area contributed by atoms with Crippen molar-refractivity contribution in [2.45, 2.75) is 24.3 Å². The monoisotopic (exact) mass is 268 g/mol. The zero-order valence-corrected chi connectivity index (χ0v) is 11.7. The molecule has 0 unspecified atom stereocenters. The highest BCUT2D eigenvalue weighted by atomic mass is 32.2. The predicted octanol–water partition coefficient (Wildman–Crippen LogP) is 2.04. The molecule has 0 radical (unpaired) electrons. The smallest absolute Gasteiger partial charge is 0.256 e. The number of amides is 1. The molecule has 1 N–H and O–H groups in total. The lowest BCUT2D eigenvalue weighted by Gasteiger charge is -2.18. The van der Waals surface area contributed by atoms with Gasteiger partial charge >= 0.3 is 0 Å². The second-order valence-corrected chi connectivity index (χ2v) is 4.87. The van der Waals surface area contributed by atoms with Crippen LogP contribution in [0.3, 0.4) is 0 Å². The highest BCUT2D eigenvalue weighted by molar-refractivity contribution is 7.98. The van der Waals surface area contributed by atoms with Gasteiger partial charge in [-0.05, 0) is 37.7 Å². The first-order chi connectivity index (χ1) is 8.70. The van der Waals surface area contributed by atoms with Crippen LogP contribution in [0.2, 0.25) is 0 Å². The van der Waals surface area contributed by atoms with E-state index in [9.17, 15) is 4.79 Å². The second kappa shape index (κ2) is 8.11. The lowest BCUT2D eigenvalue weighted by molar-refractivity contribution is 0.0788. The van der Waals surface area contributed by atoms with E-state index in [4.69, 9.17) is 5.11 Å². The van der Waals surface area contributed by atoms with Gasteiger partial charge in [0.15, 0.2) is 0 Å². The molecule has 1 amide bonds. The number of aromatic nitrogens is 1. The lowest BCUT2D eigenvalue weighted by Crippen LogP contribution is -2.28. The standard InChI is InChI=1S/C13H20N2O2S/c1-15(9-4-3-5-10-16)13(17)11-7-6-8-14-12(11)18-2/h6-8,16H,3-5,9-10H2,1-2H3. The largest absolute Gasteiger partial charge is 0.396 e. The summed E-state index contributed by atoms with van der Waals surface area (Å²) in [5, 5.41) is 9.46. The van der Waals surface area contributed by atoms with Crippen LogP contribution in [0, 0.1) is 0 Å². The molecule has 1 heterocycles. The van der Waals surface area contributed by atoms with Crippen molar-refractivity contribution in [1.82, 2.24) is 9.88 Å². The lowest BCUT2D eigenvalue weighted by atomic mass is 10.2. The third kappa shape index (κ3) is 4.31. The molecule has 0 aliphatic carbocycles. The number of aliphatic hydroxyl groups is 1. The summed E-state index contributed by atoms with van der Waals surface area (Å²) in [6.45, 7) is 0.929. The van der Waals surface area contributed by atoms with E-state index in [1.807, 2.05) is 12.3 Å². The topological polar surface area (TPSA) is 53.4 Å². The van der Waals surface area contributed by atoms with E-state index in [0.29, 0.717) is 12.1 Å². The van der Waals surface area contributed by atoms with E-state index in [1.54, 1.807) is 24.2 Å². The fourth-order valence-corrected chi connectivity index (χ4v) is 2.20. The number of rotatable bonds is 7. The van der Waals surface area contributed by atoms with Gasteiger partial charge < -0.3 is 10.0 Å². The predicted molar refractivity (Wildman–Crippen MR) is 73.9 cm³/mol. The Kier molecular flexibility index (Phi) is 6.75. The van der Waals surface area contributed by atoms with Crippen LogP contribution in [-0.2, 0) is 0 Å². The summed E-state index contributed by atoms with van der Waals surface area (Å²) in [7, 11) is 1.80. The Bertz CT molecular complexity index is 385. The molecular weight excluding hydrogens is 248 g/mol. The van der Waals surface area contributed by atoms with Crippen LogP contribution in [0.4, 0.5) is 0 Å². The van der Waals surface area contributed by atoms with Gasteiger partial charge in [-0.15, -0.1) is 11.8 Å². The van der Waals surface area contributed by atoms with Crippen LogP contribution in [0.25, 0.3) is 0 Å². The van der Waals surface area contributed by atoms with Gasteiger partial charge in [0.1, 0.15) is 5.03 Å². The first kappa shape index (κ1) is 15.0. The highest BCUT2D eigenvalue weighted by Gasteiger charge is 2.15. The summed E-state index contributed by atoms with van der Waals surface area (Å²) >= 11 is 1.48. The summed E-state index contributed by atoms with van der Waals surface area (Å²) in [6, 6.07) is 3.60. The molecule has 1 aromatic heterocycles. The highest BCUT2D eigenvalue weighted by Crippen LogP contribution is 2.18. The second-order valence-electron chi connectivity index (χ2n) is 4.07. The van der Waals surface area contributed by atoms with Gasteiger partial charge in [-0.25, -0.2) is 4.98 Å². The average molecular weight is 268 g/mol. The van der Waals surface area contributed by atoms with Crippen molar-refractivity contribution in [3.05, 3.63) is 23.9 Å². The summed E-state index contributed by atoms with van der Waals surface area (Å²) in [5.41, 5.74) is 0.662. The van der Waals surface area contributed by atoms with E-state index in [-0.39, 0.29) is 12.5 Å². The van der Waals surface area contributed by atoms with Gasteiger partial charge in [-0.2, -0.15) is 0 Å². The normalized spacial score (nSPS) is 10.4. The number of nitrogens with zero attached hydrogens (tertiary/aromatic N) is 2. The van der Waals surface area contributed by atoms with Crippen molar-refractivity contribution in [2.24, 2.45) is 0 Å². The van der Waals surface area contributed by atoms with Crippen LogP contribution in [-0.4, -0.2) is 47.4 Å². The first-order valence-electron chi connectivity index (χ1n) is 6.06. The first-order valence-corrected chi connectivity index (χ1v) is 7.28. The zero-order valence-electron chi connectivity index (χ0n) is 10.9. The summed E-state index contributed by atoms with van der Waals surface area (Å²) in [6.07, 6.45) is 6.27. The zero-order chi connectivity index (χ0) is 13.4. The minimum atomic E-state index is 0.0106. The molecule has 0 saturated carbocycles. The number of pyridine rings is 1. The molecule has 1 aromatic rings. The summed E-state index contributed by atoms with van der Waals surface area (Å²) < 4.78 is 0. The molecule has 0 saturated heterocycles. The van der Waals surface area contributed by atoms with Crippen molar-refractivity contribution in [1.29, 1.82) is 0 Å². The number of unbranched alkanes of at least 4 members (excludes halogenated alkanes) is 2. The molecule has 5 heteroatoms. The summed E-state index contributed by atoms with van der Waals surface area (Å²) in [4.78, 5) is 18.1. The van der Waals surface area contributed by atoms with E-state index in [2.05, 4.69) is 4.98 Å². The summed E-state index contributed by atoms with van der Waals surface area (Å²) in [5.74, 6) is 0.0106. The SMILES string of the molecule is CSc1ncccc1C(=O)N(C)CCCCCO. The molecule has 0 aliphatic heterocycles. The Morgan fingerprint density at radius 2 is 2.22 bits per heavy atom. The van der Waals surface area contributed by atoms with Crippen molar-refractivity contribution in [3.63, 3.8) is 0 Å². The Balaban J connectivity index is 2.57. The van der Waals surface area contributed by atoms with Gasteiger partial charge in [0.2, 0.25) is 0 Å². The molecule has 1 rings (SSSR count). The van der Waals surface area contributed by atoms with Crippen molar-refractivity contribution in [2.75, 3.05) is 26.5 Å². The Hall–Kier alpha value is -1.07. The molecule has 0 atom stereocenters. The van der Waals surface area contributed by atoms with Gasteiger partial charge in [-0.3, -0.25) is 4.79 Å². The minimum Gasteiger partial charge on any atom is -0.396 e. The molecule has 100 valence electrons. The maximum atomic E-state index is 12.2. The molecule has 0 aromatic carbocycles. The van der Waals surface area contributed by atoms with Crippen LogP contribution in [0.5, 0.6) is 0 Å². The minimum absolute atomic E-state index is 0.0106. The molecule has 0 aliphatic rings.